The molecule has 0 rings (SSSR count). The highest BCUT2D eigenvalue weighted by Gasteiger charge is 2.04. The lowest BCUT2D eigenvalue weighted by molar-refractivity contribution is 0.0651. The minimum Gasteiger partial charge on any atom is -0.395 e. The maximum Gasteiger partial charge on any atom is 0.397 e. The second kappa shape index (κ2) is 21.0. The number of rotatable bonds is 17. The third-order valence-corrected chi connectivity index (χ3v) is 3.94. The first kappa shape index (κ1) is 27.9. The van der Waals surface area contributed by atoms with Crippen molar-refractivity contribution in [3.05, 3.63) is 0 Å². The number of nitrogens with zero attached hydrogens (tertiary/aromatic N) is 1. The number of unbranched alkanes of at least 4 members (excludes halogenated alkanes) is 4. The Morgan fingerprint density at radius 2 is 1.23 bits per heavy atom. The second-order valence-corrected chi connectivity index (χ2v) is 6.99. The van der Waals surface area contributed by atoms with E-state index in [0.717, 1.165) is 59.5 Å². The van der Waals surface area contributed by atoms with Crippen molar-refractivity contribution in [3.63, 3.8) is 0 Å². The molecule has 0 aromatic rings. The zero-order valence-corrected chi connectivity index (χ0v) is 17.5. The topological polar surface area (TPSA) is 106 Å². The molecular formula is C17H39NO7S. The Morgan fingerprint density at radius 3 is 1.54 bits per heavy atom. The molecule has 0 fully saturated rings. The van der Waals surface area contributed by atoms with Crippen LogP contribution in [0, 0.1) is 0 Å². The van der Waals surface area contributed by atoms with Crippen LogP contribution in [0.4, 0.5) is 0 Å². The summed E-state index contributed by atoms with van der Waals surface area (Å²) in [6.07, 6.45) is 7.25. The van der Waals surface area contributed by atoms with Crippen LogP contribution in [0.5, 0.6) is 0 Å². The third-order valence-electron chi connectivity index (χ3n) is 3.52. The molecular weight excluding hydrogens is 362 g/mol. The lowest BCUT2D eigenvalue weighted by atomic mass is 10.3. The number of hydrogen-bond acceptors (Lipinski definition) is 7. The van der Waals surface area contributed by atoms with Crippen LogP contribution in [-0.2, 0) is 24.1 Å². The molecule has 0 amide bonds. The minimum absolute atomic E-state index is 0.200. The van der Waals surface area contributed by atoms with Gasteiger partial charge in [0, 0.05) is 32.8 Å². The molecule has 2 N–H and O–H groups in total. The van der Waals surface area contributed by atoms with Crippen LogP contribution in [0.1, 0.15) is 52.4 Å². The molecule has 26 heavy (non-hydrogen) atoms. The van der Waals surface area contributed by atoms with Gasteiger partial charge in [-0.15, -0.1) is 0 Å². The molecule has 0 aromatic carbocycles. The average molecular weight is 402 g/mol. The number of aliphatic hydroxyl groups excluding tert-OH is 1. The average Bonchev–Trinajstić information content (AvgIpc) is 2.60. The maximum atomic E-state index is 9.33. The van der Waals surface area contributed by atoms with Gasteiger partial charge in [-0.3, -0.25) is 13.6 Å². The van der Waals surface area contributed by atoms with Crippen molar-refractivity contribution in [2.45, 2.75) is 52.4 Å². The molecule has 0 atom stereocenters. The van der Waals surface area contributed by atoms with Gasteiger partial charge in [-0.1, -0.05) is 39.5 Å². The number of ether oxygens (including phenoxy) is 2. The Kier molecular flexibility index (Phi) is 22.6. The lowest BCUT2D eigenvalue weighted by Crippen LogP contribution is -2.33. The molecule has 0 spiro atoms. The molecule has 0 radical (unpaired) electrons. The lowest BCUT2D eigenvalue weighted by Gasteiger charge is -2.21. The van der Waals surface area contributed by atoms with Gasteiger partial charge in [0.25, 0.3) is 0 Å². The van der Waals surface area contributed by atoms with E-state index in [4.69, 9.17) is 19.1 Å². The fourth-order valence-corrected chi connectivity index (χ4v) is 1.98. The van der Waals surface area contributed by atoms with Gasteiger partial charge in [-0.25, -0.2) is 0 Å². The molecule has 0 bridgehead atoms. The summed E-state index contributed by atoms with van der Waals surface area (Å²) in [4.78, 5) is 2.21. The molecule has 0 aliphatic heterocycles. The SMILES string of the molecule is CCCCCOCCN(CCO)CCOCCCCC.COS(=O)(=O)O. The molecule has 9 heteroatoms. The van der Waals surface area contributed by atoms with Crippen LogP contribution in [0.2, 0.25) is 0 Å². The van der Waals surface area contributed by atoms with Crippen LogP contribution in [0.3, 0.4) is 0 Å². The maximum absolute atomic E-state index is 9.33. The normalized spacial score (nSPS) is 11.5. The smallest absolute Gasteiger partial charge is 0.395 e. The standard InChI is InChI=1S/C16H35NO3.CH4O4S/c1-3-5-7-13-19-15-10-17(9-12-18)11-16-20-14-8-6-4-2;1-5-6(2,3)4/h18H,3-16H2,1-2H3;1H3,(H,2,3,4). The minimum atomic E-state index is -4.16. The molecule has 0 aliphatic carbocycles. The molecule has 0 aromatic heterocycles. The highest BCUT2D eigenvalue weighted by atomic mass is 32.3. The van der Waals surface area contributed by atoms with E-state index < -0.39 is 10.4 Å². The predicted molar refractivity (Wildman–Crippen MR) is 103 cm³/mol. The number of aliphatic hydroxyl groups is 1. The van der Waals surface area contributed by atoms with Gasteiger partial charge in [0.2, 0.25) is 0 Å². The summed E-state index contributed by atoms with van der Waals surface area (Å²) in [5.74, 6) is 0. The van der Waals surface area contributed by atoms with Crippen LogP contribution < -0.4 is 0 Å². The molecule has 0 aliphatic rings. The first-order valence-electron chi connectivity index (χ1n) is 9.42. The van der Waals surface area contributed by atoms with Gasteiger partial charge in [0.15, 0.2) is 0 Å². The largest absolute Gasteiger partial charge is 0.397 e. The van der Waals surface area contributed by atoms with E-state index in [0.29, 0.717) is 6.54 Å². The van der Waals surface area contributed by atoms with E-state index in [1.54, 1.807) is 0 Å². The van der Waals surface area contributed by atoms with Crippen molar-refractivity contribution < 1.29 is 31.7 Å². The molecule has 160 valence electrons. The zero-order valence-electron chi connectivity index (χ0n) is 16.7. The van der Waals surface area contributed by atoms with Crippen molar-refractivity contribution in [2.75, 3.05) is 59.8 Å². The van der Waals surface area contributed by atoms with Crippen molar-refractivity contribution in [1.82, 2.24) is 4.90 Å². The van der Waals surface area contributed by atoms with Crippen molar-refractivity contribution in [2.24, 2.45) is 0 Å². The third kappa shape index (κ3) is 25.9. The van der Waals surface area contributed by atoms with E-state index in [9.17, 15) is 8.42 Å². The summed E-state index contributed by atoms with van der Waals surface area (Å²) in [6.45, 7) is 10.3. The summed E-state index contributed by atoms with van der Waals surface area (Å²) in [5.41, 5.74) is 0. The fraction of sp³-hybridized carbons (Fsp3) is 1.00. The highest BCUT2D eigenvalue weighted by molar-refractivity contribution is 7.80. The quantitative estimate of drug-likeness (QED) is 0.282. The molecule has 0 unspecified atom stereocenters. The number of hydrogen-bond donors (Lipinski definition) is 2. The van der Waals surface area contributed by atoms with Gasteiger partial charge in [0.05, 0.1) is 26.9 Å². The van der Waals surface area contributed by atoms with Crippen molar-refractivity contribution in [3.8, 4) is 0 Å². The van der Waals surface area contributed by atoms with Gasteiger partial charge in [-0.05, 0) is 12.8 Å². The van der Waals surface area contributed by atoms with E-state index in [1.807, 2.05) is 0 Å². The molecule has 0 heterocycles. The van der Waals surface area contributed by atoms with Gasteiger partial charge in [0.1, 0.15) is 0 Å². The van der Waals surface area contributed by atoms with Crippen molar-refractivity contribution >= 4 is 10.4 Å². The van der Waals surface area contributed by atoms with Gasteiger partial charge >= 0.3 is 10.4 Å². The van der Waals surface area contributed by atoms with Crippen LogP contribution in [0.15, 0.2) is 0 Å². The summed E-state index contributed by atoms with van der Waals surface area (Å²) >= 11 is 0. The van der Waals surface area contributed by atoms with E-state index in [-0.39, 0.29) is 6.61 Å². The van der Waals surface area contributed by atoms with E-state index in [2.05, 4.69) is 22.9 Å². The Labute approximate surface area is 159 Å². The van der Waals surface area contributed by atoms with Gasteiger partial charge < -0.3 is 14.6 Å². The fourth-order valence-electron chi connectivity index (χ4n) is 1.98. The van der Waals surface area contributed by atoms with Crippen LogP contribution >= 0.6 is 0 Å². The Morgan fingerprint density at radius 1 is 0.808 bits per heavy atom. The molecule has 8 nitrogen and oxygen atoms in total. The van der Waals surface area contributed by atoms with Crippen LogP contribution in [-0.4, -0.2) is 82.8 Å². The van der Waals surface area contributed by atoms with Crippen molar-refractivity contribution in [1.29, 1.82) is 0 Å². The zero-order chi connectivity index (χ0) is 20.1. The first-order chi connectivity index (χ1) is 12.4. The Hall–Kier alpha value is -0.290. The summed E-state index contributed by atoms with van der Waals surface area (Å²) in [7, 11) is -3.29. The summed E-state index contributed by atoms with van der Waals surface area (Å²) in [6, 6.07) is 0. The summed E-state index contributed by atoms with van der Waals surface area (Å²) in [5, 5.41) is 9.06. The monoisotopic (exact) mass is 401 g/mol. The van der Waals surface area contributed by atoms with E-state index in [1.165, 1.54) is 25.7 Å². The molecule has 0 saturated carbocycles. The predicted octanol–water partition coefficient (Wildman–Crippen LogP) is 2.13. The second-order valence-electron chi connectivity index (χ2n) is 5.80. The Balaban J connectivity index is 0. The molecule has 0 saturated heterocycles. The summed E-state index contributed by atoms with van der Waals surface area (Å²) < 4.78 is 40.9. The van der Waals surface area contributed by atoms with Gasteiger partial charge in [-0.2, -0.15) is 8.42 Å². The first-order valence-corrected chi connectivity index (χ1v) is 10.8. The van der Waals surface area contributed by atoms with Crippen LogP contribution in [0.25, 0.3) is 0 Å². The highest BCUT2D eigenvalue weighted by Crippen LogP contribution is 1.97. The van der Waals surface area contributed by atoms with E-state index >= 15 is 0 Å². The Bertz CT molecular complexity index is 350.